The van der Waals surface area contributed by atoms with Crippen LogP contribution in [0.5, 0.6) is 0 Å². The maximum atomic E-state index is 10.5. The topological polar surface area (TPSA) is 104 Å². The monoisotopic (exact) mass is 178 g/mol. The van der Waals surface area contributed by atoms with Crippen LogP contribution in [0, 0.1) is 0 Å². The molecule has 0 aliphatic carbocycles. The summed E-state index contributed by atoms with van der Waals surface area (Å²) in [7, 11) is 0. The third-order valence-electron chi connectivity index (χ3n) is 1.03. The standard InChI is InChI=1S/C6H10O6/c1-2-6(10,11)12-5(9)3-4(7)8/h10-11H,2-3H2,1H3,(H,7,8). The molecule has 0 rings (SSSR count). The number of esters is 1. The Kier molecular flexibility index (Phi) is 3.65. The molecule has 0 atom stereocenters. The molecule has 0 bridgehead atoms. The van der Waals surface area contributed by atoms with Gasteiger partial charge < -0.3 is 20.1 Å². The Morgan fingerprint density at radius 1 is 1.42 bits per heavy atom. The number of carboxylic acid groups (broad SMARTS) is 1. The largest absolute Gasteiger partial charge is 0.481 e. The Balaban J connectivity index is 3.92. The van der Waals surface area contributed by atoms with Gasteiger partial charge in [-0.25, -0.2) is 0 Å². The van der Waals surface area contributed by atoms with Crippen LogP contribution in [0.1, 0.15) is 19.8 Å². The van der Waals surface area contributed by atoms with Gasteiger partial charge in [-0.3, -0.25) is 9.59 Å². The summed E-state index contributed by atoms with van der Waals surface area (Å²) in [5, 5.41) is 25.5. The van der Waals surface area contributed by atoms with Crippen LogP contribution in [0.4, 0.5) is 0 Å². The number of carboxylic acids is 1. The van der Waals surface area contributed by atoms with Gasteiger partial charge in [0.1, 0.15) is 6.42 Å². The number of aliphatic carboxylic acids is 1. The highest BCUT2D eigenvalue weighted by Gasteiger charge is 2.26. The number of rotatable bonds is 4. The van der Waals surface area contributed by atoms with Crippen LogP contribution in [-0.2, 0) is 14.3 Å². The number of carbonyl (C=O) groups is 2. The first-order chi connectivity index (χ1) is 5.37. The summed E-state index contributed by atoms with van der Waals surface area (Å²) >= 11 is 0. The van der Waals surface area contributed by atoms with Crippen molar-refractivity contribution in [2.45, 2.75) is 25.7 Å². The number of hydrogen-bond donors (Lipinski definition) is 3. The fraction of sp³-hybridized carbons (Fsp3) is 0.667. The van der Waals surface area contributed by atoms with E-state index in [9.17, 15) is 9.59 Å². The second-order valence-electron chi connectivity index (χ2n) is 2.14. The molecule has 0 unspecified atom stereocenters. The molecule has 0 aliphatic rings. The molecule has 0 aromatic heterocycles. The van der Waals surface area contributed by atoms with Crippen molar-refractivity contribution in [3.63, 3.8) is 0 Å². The third kappa shape index (κ3) is 4.64. The van der Waals surface area contributed by atoms with Gasteiger partial charge in [-0.05, 0) is 0 Å². The lowest BCUT2D eigenvalue weighted by Gasteiger charge is -2.18. The van der Waals surface area contributed by atoms with E-state index in [4.69, 9.17) is 15.3 Å². The molecule has 0 fully saturated rings. The minimum Gasteiger partial charge on any atom is -0.481 e. The van der Waals surface area contributed by atoms with Crippen molar-refractivity contribution in [1.29, 1.82) is 0 Å². The van der Waals surface area contributed by atoms with Crippen molar-refractivity contribution in [2.24, 2.45) is 0 Å². The van der Waals surface area contributed by atoms with Crippen molar-refractivity contribution < 1.29 is 29.6 Å². The van der Waals surface area contributed by atoms with E-state index in [0.29, 0.717) is 0 Å². The zero-order valence-corrected chi connectivity index (χ0v) is 6.48. The highest BCUT2D eigenvalue weighted by molar-refractivity contribution is 5.90. The van der Waals surface area contributed by atoms with Crippen LogP contribution in [0.2, 0.25) is 0 Å². The van der Waals surface area contributed by atoms with Crippen molar-refractivity contribution in [1.82, 2.24) is 0 Å². The number of carbonyl (C=O) groups excluding carboxylic acids is 1. The first-order valence-electron chi connectivity index (χ1n) is 3.26. The maximum Gasteiger partial charge on any atom is 0.324 e. The van der Waals surface area contributed by atoms with Gasteiger partial charge >= 0.3 is 17.9 Å². The van der Waals surface area contributed by atoms with Gasteiger partial charge in [0.05, 0.1) is 0 Å². The van der Waals surface area contributed by atoms with Crippen LogP contribution in [-0.4, -0.2) is 33.2 Å². The van der Waals surface area contributed by atoms with E-state index in [-0.39, 0.29) is 6.42 Å². The van der Waals surface area contributed by atoms with E-state index in [1.807, 2.05) is 0 Å². The molecule has 0 radical (unpaired) electrons. The molecule has 70 valence electrons. The van der Waals surface area contributed by atoms with Gasteiger partial charge in [0.15, 0.2) is 0 Å². The molecule has 0 heterocycles. The Morgan fingerprint density at radius 3 is 2.25 bits per heavy atom. The Bertz CT molecular complexity index is 184. The van der Waals surface area contributed by atoms with Crippen LogP contribution in [0.15, 0.2) is 0 Å². The van der Waals surface area contributed by atoms with Crippen molar-refractivity contribution in [3.05, 3.63) is 0 Å². The Morgan fingerprint density at radius 2 is 1.92 bits per heavy atom. The van der Waals surface area contributed by atoms with Crippen LogP contribution in [0.3, 0.4) is 0 Å². The van der Waals surface area contributed by atoms with E-state index >= 15 is 0 Å². The van der Waals surface area contributed by atoms with E-state index in [1.54, 1.807) is 0 Å². The van der Waals surface area contributed by atoms with Crippen LogP contribution < -0.4 is 0 Å². The lowest BCUT2D eigenvalue weighted by molar-refractivity contribution is -0.319. The van der Waals surface area contributed by atoms with Gasteiger partial charge in [-0.15, -0.1) is 0 Å². The zero-order chi connectivity index (χ0) is 9.78. The van der Waals surface area contributed by atoms with E-state index in [1.165, 1.54) is 6.92 Å². The first-order valence-corrected chi connectivity index (χ1v) is 3.26. The van der Waals surface area contributed by atoms with Gasteiger partial charge in [0.25, 0.3) is 0 Å². The van der Waals surface area contributed by atoms with Gasteiger partial charge in [-0.1, -0.05) is 6.92 Å². The molecule has 3 N–H and O–H groups in total. The summed E-state index contributed by atoms with van der Waals surface area (Å²) in [4.78, 5) is 20.4. The van der Waals surface area contributed by atoms with Crippen LogP contribution >= 0.6 is 0 Å². The molecule has 0 saturated carbocycles. The summed E-state index contributed by atoms with van der Waals surface area (Å²) in [6.07, 6.45) is -1.11. The average molecular weight is 178 g/mol. The fourth-order valence-electron chi connectivity index (χ4n) is 0.414. The summed E-state index contributed by atoms with van der Waals surface area (Å²) in [6, 6.07) is 0. The summed E-state index contributed by atoms with van der Waals surface area (Å²) in [5.41, 5.74) is 0. The summed E-state index contributed by atoms with van der Waals surface area (Å²) in [6.45, 7) is 1.37. The summed E-state index contributed by atoms with van der Waals surface area (Å²) < 4.78 is 3.99. The second kappa shape index (κ2) is 4.03. The van der Waals surface area contributed by atoms with E-state index < -0.39 is 24.3 Å². The van der Waals surface area contributed by atoms with Gasteiger partial charge in [-0.2, -0.15) is 0 Å². The average Bonchev–Trinajstić information content (AvgIpc) is 1.84. The minimum absolute atomic E-state index is 0.224. The molecule has 6 nitrogen and oxygen atoms in total. The van der Waals surface area contributed by atoms with E-state index in [0.717, 1.165) is 0 Å². The van der Waals surface area contributed by atoms with Crippen molar-refractivity contribution in [2.75, 3.05) is 0 Å². The quantitative estimate of drug-likeness (QED) is 0.291. The highest BCUT2D eigenvalue weighted by Crippen LogP contribution is 2.07. The Labute approximate surface area is 68.4 Å². The molecule has 12 heavy (non-hydrogen) atoms. The molecular weight excluding hydrogens is 168 g/mol. The molecule has 0 aromatic rings. The molecule has 0 aromatic carbocycles. The van der Waals surface area contributed by atoms with Crippen molar-refractivity contribution in [3.8, 4) is 0 Å². The van der Waals surface area contributed by atoms with Crippen LogP contribution in [0.25, 0.3) is 0 Å². The maximum absolute atomic E-state index is 10.5. The predicted octanol–water partition coefficient (Wildman–Crippen LogP) is -0.947. The minimum atomic E-state index is -2.56. The number of aliphatic hydroxyl groups is 2. The lowest BCUT2D eigenvalue weighted by atomic mass is 10.4. The fourth-order valence-corrected chi connectivity index (χ4v) is 0.414. The van der Waals surface area contributed by atoms with Crippen molar-refractivity contribution >= 4 is 11.9 Å². The Hall–Kier alpha value is -1.14. The SMILES string of the molecule is CCC(O)(O)OC(=O)CC(=O)O. The molecule has 0 spiro atoms. The summed E-state index contributed by atoms with van der Waals surface area (Å²) in [5.74, 6) is -5.13. The highest BCUT2D eigenvalue weighted by atomic mass is 16.8. The smallest absolute Gasteiger partial charge is 0.324 e. The zero-order valence-electron chi connectivity index (χ0n) is 6.48. The molecule has 0 saturated heterocycles. The third-order valence-corrected chi connectivity index (χ3v) is 1.03. The predicted molar refractivity (Wildman–Crippen MR) is 35.8 cm³/mol. The molecule has 0 amide bonds. The van der Waals surface area contributed by atoms with Gasteiger partial charge in [0.2, 0.25) is 0 Å². The molecule has 0 aliphatic heterocycles. The van der Waals surface area contributed by atoms with E-state index in [2.05, 4.69) is 4.74 Å². The number of ether oxygens (including phenoxy) is 1. The number of hydrogen-bond acceptors (Lipinski definition) is 5. The second-order valence-corrected chi connectivity index (χ2v) is 2.14. The first kappa shape index (κ1) is 10.9. The van der Waals surface area contributed by atoms with Gasteiger partial charge in [0, 0.05) is 6.42 Å². The normalized spacial score (nSPS) is 10.9. The molecule has 6 heteroatoms. The lowest BCUT2D eigenvalue weighted by Crippen LogP contribution is -2.34. The molecular formula is C6H10O6.